The Labute approximate surface area is 436 Å². The Kier molecular flexibility index (Phi) is 19.2. The summed E-state index contributed by atoms with van der Waals surface area (Å²) in [5.74, 6) is -1.30. The molecule has 20 heteroatoms. The second kappa shape index (κ2) is 25.5. The number of thiazole rings is 1. The van der Waals surface area contributed by atoms with Crippen LogP contribution >= 0.6 is 11.3 Å². The fraction of sp³-hybridized carbons (Fsp3) is 0.426. The van der Waals surface area contributed by atoms with Crippen LogP contribution in [0.1, 0.15) is 121 Å². The molecule has 1 fully saturated rings. The number of nitrogens with one attached hydrogen (secondary N) is 6. The molecule has 9 N–H and O–H groups in total. The summed E-state index contributed by atoms with van der Waals surface area (Å²) in [4.78, 5) is 94.7. The molecule has 0 spiro atoms. The van der Waals surface area contributed by atoms with E-state index in [1.165, 1.54) is 38.5 Å². The van der Waals surface area contributed by atoms with Crippen molar-refractivity contribution in [2.75, 3.05) is 44.9 Å². The molecule has 2 aromatic carbocycles. The normalized spacial score (nSPS) is 15.7. The number of hydrogen-bond donors (Lipinski definition) is 8. The predicted octanol–water partition coefficient (Wildman–Crippen LogP) is 6.57. The number of pyridine rings is 2. The molecule has 0 aliphatic carbocycles. The minimum Gasteiger partial charge on any atom is -0.494 e. The van der Waals surface area contributed by atoms with Crippen molar-refractivity contribution in [2.45, 2.75) is 110 Å². The molecule has 6 rings (SSSR count). The maximum Gasteiger partial charge on any atom is 0.254 e. The quantitative estimate of drug-likeness (QED) is 0.0305. The molecule has 3 aromatic heterocycles. The number of likely N-dealkylation sites (tertiary alicyclic amines) is 1. The van der Waals surface area contributed by atoms with Gasteiger partial charge in [-0.05, 0) is 60.6 Å². The summed E-state index contributed by atoms with van der Waals surface area (Å²) in [7, 11) is 4.49. The first kappa shape index (κ1) is 55.9. The molecule has 5 aromatic rings. The first-order valence-electron chi connectivity index (χ1n) is 24.9. The largest absolute Gasteiger partial charge is 0.494 e. The van der Waals surface area contributed by atoms with Crippen molar-refractivity contribution in [3.8, 4) is 16.2 Å². The van der Waals surface area contributed by atoms with Crippen LogP contribution in [0.4, 0.5) is 23.0 Å². The average Bonchev–Trinajstić information content (AvgIpc) is 3.97. The summed E-state index contributed by atoms with van der Waals surface area (Å²) in [5.41, 5.74) is 10.2. The number of β-amino-alcohol motifs (C(OH)–C–C–N with tert-alkyl or cyclic N) is 1. The van der Waals surface area contributed by atoms with Gasteiger partial charge >= 0.3 is 0 Å². The Balaban J connectivity index is 0.909. The van der Waals surface area contributed by atoms with Crippen LogP contribution < -0.4 is 42.4 Å². The zero-order valence-corrected chi connectivity index (χ0v) is 44.0. The zero-order valence-electron chi connectivity index (χ0n) is 43.2. The Hall–Kier alpha value is -7.45. The molecule has 1 aliphatic heterocycles. The van der Waals surface area contributed by atoms with Gasteiger partial charge in [-0.1, -0.05) is 83.2 Å². The second-order valence-electron chi connectivity index (χ2n) is 19.5. The number of ether oxygens (including phenoxy) is 1. The molecular weight excluding hydrogens is 963 g/mol. The summed E-state index contributed by atoms with van der Waals surface area (Å²) in [5, 5.41) is 28.3. The number of nitrogens with two attached hydrogens (primary N) is 1. The van der Waals surface area contributed by atoms with E-state index in [1.54, 1.807) is 53.2 Å². The number of anilines is 4. The van der Waals surface area contributed by atoms with Crippen LogP contribution in [0.15, 0.2) is 78.6 Å². The third-order valence-corrected chi connectivity index (χ3v) is 14.0. The van der Waals surface area contributed by atoms with Gasteiger partial charge in [-0.25, -0.2) is 15.0 Å². The van der Waals surface area contributed by atoms with Crippen LogP contribution in [0.25, 0.3) is 10.4 Å². The zero-order chi connectivity index (χ0) is 53.6. The molecule has 0 bridgehead atoms. The van der Waals surface area contributed by atoms with E-state index in [9.17, 15) is 33.9 Å². The van der Waals surface area contributed by atoms with Crippen molar-refractivity contribution in [2.24, 2.45) is 11.1 Å². The van der Waals surface area contributed by atoms with Gasteiger partial charge in [0.1, 0.15) is 23.2 Å². The van der Waals surface area contributed by atoms with Gasteiger partial charge < -0.3 is 52.4 Å². The third-order valence-electron chi connectivity index (χ3n) is 13.1. The monoisotopic (exact) mass is 1030 g/mol. The molecule has 0 radical (unpaired) electrons. The number of aromatic nitrogens is 3. The molecule has 1 saturated heterocycles. The lowest BCUT2D eigenvalue weighted by molar-refractivity contribution is -0.148. The van der Waals surface area contributed by atoms with E-state index >= 15 is 0 Å². The number of carbonyl (C=O) groups is 6. The van der Waals surface area contributed by atoms with Crippen LogP contribution in [0.5, 0.6) is 5.75 Å². The highest BCUT2D eigenvalue weighted by molar-refractivity contribution is 7.13. The Morgan fingerprint density at radius 3 is 2.12 bits per heavy atom. The Bertz CT molecular complexity index is 2780. The Morgan fingerprint density at radius 1 is 0.824 bits per heavy atom. The lowest BCUT2D eigenvalue weighted by Crippen LogP contribution is -2.63. The van der Waals surface area contributed by atoms with Gasteiger partial charge in [0.25, 0.3) is 17.7 Å². The Morgan fingerprint density at radius 2 is 1.50 bits per heavy atom. The fourth-order valence-electron chi connectivity index (χ4n) is 9.06. The lowest BCUT2D eigenvalue weighted by Gasteiger charge is -2.40. The molecule has 1 aliphatic rings. The highest BCUT2D eigenvalue weighted by Gasteiger charge is 2.54. The summed E-state index contributed by atoms with van der Waals surface area (Å²) in [6.07, 6.45) is 8.33. The molecule has 0 unspecified atom stereocenters. The summed E-state index contributed by atoms with van der Waals surface area (Å²) >= 11 is 1.54. The van der Waals surface area contributed by atoms with E-state index in [-0.39, 0.29) is 55.0 Å². The van der Waals surface area contributed by atoms with E-state index in [1.807, 2.05) is 52.0 Å². The summed E-state index contributed by atoms with van der Waals surface area (Å²) in [6, 6.07) is 16.8. The minimum absolute atomic E-state index is 0.00532. The van der Waals surface area contributed by atoms with Crippen LogP contribution in [0.3, 0.4) is 0 Å². The molecule has 3 atom stereocenters. The van der Waals surface area contributed by atoms with Crippen molar-refractivity contribution >= 4 is 69.8 Å². The number of rotatable bonds is 24. The standard InChI is InChI=1S/C54H69N11O8S/c1-33-46(74-32-61-33)35-21-19-34(20-22-35)27-54(52(55)72)28-37(66)31-65(54)51(71)47(53(2,3)4)64-44(67)18-13-11-9-8-10-12-14-25-58-48(68)36-23-24-42(59-29-36)63-43-26-41(39(30-60-43)50(70)57-6)62-40-17-15-16-38(45(40)73-7)49(69)56-5/h15-17,19-24,26,29-30,32,37,47,66H,8-14,18,25,27-28,31H2,1-7H3,(H2,55,72)(H,56,69)(H,57,70)(H,58,68)(H,64,67)(H2,59,60,62,63)/t37-,47+,54-/m0/s1. The van der Waals surface area contributed by atoms with Gasteiger partial charge in [0, 0.05) is 64.9 Å². The minimum atomic E-state index is -1.47. The van der Waals surface area contributed by atoms with Gasteiger partial charge in [0.15, 0.2) is 5.75 Å². The number of nitrogens with zero attached hydrogens (tertiary/aromatic N) is 4. The van der Waals surface area contributed by atoms with Crippen molar-refractivity contribution < 1.29 is 38.6 Å². The van der Waals surface area contributed by atoms with Crippen molar-refractivity contribution in [1.29, 1.82) is 0 Å². The van der Waals surface area contributed by atoms with E-state index in [0.717, 1.165) is 60.2 Å². The lowest BCUT2D eigenvalue weighted by atomic mass is 9.82. The van der Waals surface area contributed by atoms with E-state index in [2.05, 4.69) is 46.9 Å². The third kappa shape index (κ3) is 14.0. The fourth-order valence-corrected chi connectivity index (χ4v) is 9.87. The maximum absolute atomic E-state index is 14.4. The highest BCUT2D eigenvalue weighted by atomic mass is 32.1. The first-order chi connectivity index (χ1) is 35.4. The van der Waals surface area contributed by atoms with Gasteiger partial charge in [-0.15, -0.1) is 11.3 Å². The van der Waals surface area contributed by atoms with E-state index in [0.29, 0.717) is 52.9 Å². The molecule has 4 heterocycles. The number of aliphatic hydroxyl groups excluding tert-OH is 1. The number of primary amides is 1. The van der Waals surface area contributed by atoms with Gasteiger partial charge in [0.05, 0.1) is 57.4 Å². The number of benzene rings is 2. The number of unbranched alkanes of at least 4 members (excludes halogenated alkanes) is 6. The van der Waals surface area contributed by atoms with Gasteiger partial charge in [-0.3, -0.25) is 28.8 Å². The summed E-state index contributed by atoms with van der Waals surface area (Å²) in [6.45, 7) is 7.95. The number of hydrogen-bond acceptors (Lipinski definition) is 14. The number of carbonyl (C=O) groups excluding carboxylic acids is 6. The van der Waals surface area contributed by atoms with Crippen molar-refractivity contribution in [1.82, 2.24) is 41.1 Å². The van der Waals surface area contributed by atoms with Crippen LogP contribution in [0, 0.1) is 12.3 Å². The van der Waals surface area contributed by atoms with E-state index in [4.69, 9.17) is 10.5 Å². The van der Waals surface area contributed by atoms with Crippen LogP contribution in [-0.4, -0.2) is 112 Å². The maximum atomic E-state index is 14.4. The van der Waals surface area contributed by atoms with Crippen molar-refractivity contribution in [3.63, 3.8) is 0 Å². The molecular formula is C54H69N11O8S. The van der Waals surface area contributed by atoms with Crippen LogP contribution in [-0.2, 0) is 20.8 Å². The number of methoxy groups -OCH3 is 1. The van der Waals surface area contributed by atoms with Crippen molar-refractivity contribution in [3.05, 3.63) is 107 Å². The number of aryl methyl sites for hydroxylation is 1. The van der Waals surface area contributed by atoms with E-state index < -0.39 is 34.9 Å². The highest BCUT2D eigenvalue weighted by Crippen LogP contribution is 2.37. The smallest absolute Gasteiger partial charge is 0.254 e. The summed E-state index contributed by atoms with van der Waals surface area (Å²) < 4.78 is 5.55. The first-order valence-corrected chi connectivity index (χ1v) is 25.7. The molecule has 0 saturated carbocycles. The molecule has 6 amide bonds. The average molecular weight is 1030 g/mol. The topological polar surface area (TPSA) is 272 Å². The number of para-hydroxylation sites is 1. The van der Waals surface area contributed by atoms with Gasteiger partial charge in [-0.2, -0.15) is 0 Å². The predicted molar refractivity (Wildman–Crippen MR) is 286 cm³/mol. The SMILES string of the molecule is CNC(=O)c1cnc(Nc2ccc(C(=O)NCCCCCCCCCC(=O)N[C@H](C(=O)N3C[C@@H](O)C[C@@]3(Cc3ccc(-c4scnc4C)cc3)C(N)=O)C(C)(C)C)cn2)cc1Nc1cccc(C(=O)NC)c1OC. The number of aliphatic hydroxyl groups is 1. The molecule has 394 valence electrons. The van der Waals surface area contributed by atoms with Crippen LogP contribution in [0.2, 0.25) is 0 Å². The second-order valence-corrected chi connectivity index (χ2v) is 20.4. The number of amides is 6. The molecule has 74 heavy (non-hydrogen) atoms. The molecule has 19 nitrogen and oxygen atoms in total. The van der Waals surface area contributed by atoms with Gasteiger partial charge in [0.2, 0.25) is 17.7 Å².